The summed E-state index contributed by atoms with van der Waals surface area (Å²) >= 11 is 0. The second-order valence-corrected chi connectivity index (χ2v) is 4.00. The normalized spacial score (nSPS) is 12.1. The van der Waals surface area contributed by atoms with Gasteiger partial charge in [-0.1, -0.05) is 0 Å². The van der Waals surface area contributed by atoms with Gasteiger partial charge in [0.1, 0.15) is 6.10 Å². The van der Waals surface area contributed by atoms with Crippen molar-refractivity contribution in [3.63, 3.8) is 0 Å². The van der Waals surface area contributed by atoms with Crippen LogP contribution >= 0.6 is 0 Å². The van der Waals surface area contributed by atoms with E-state index in [1.807, 2.05) is 0 Å². The lowest BCUT2D eigenvalue weighted by atomic mass is 10.3. The van der Waals surface area contributed by atoms with Gasteiger partial charge in [-0.15, -0.1) is 0 Å². The number of hydrogen-bond acceptors (Lipinski definition) is 5. The van der Waals surface area contributed by atoms with E-state index >= 15 is 0 Å². The quantitative estimate of drug-likeness (QED) is 0.576. The van der Waals surface area contributed by atoms with Gasteiger partial charge >= 0.3 is 0 Å². The van der Waals surface area contributed by atoms with Crippen LogP contribution in [0.5, 0.6) is 0 Å². The van der Waals surface area contributed by atoms with Crippen molar-refractivity contribution in [3.05, 3.63) is 0 Å². The lowest BCUT2D eigenvalue weighted by molar-refractivity contribution is -0.146. The van der Waals surface area contributed by atoms with Crippen molar-refractivity contribution >= 4 is 11.8 Å². The molecule has 0 radical (unpaired) electrons. The van der Waals surface area contributed by atoms with Crippen LogP contribution in [0.2, 0.25) is 0 Å². The Morgan fingerprint density at radius 3 is 2.28 bits per heavy atom. The van der Waals surface area contributed by atoms with E-state index in [4.69, 9.17) is 15.2 Å². The Morgan fingerprint density at radius 1 is 1.28 bits per heavy atom. The maximum absolute atomic E-state index is 12.1. The van der Waals surface area contributed by atoms with E-state index < -0.39 is 6.10 Å². The summed E-state index contributed by atoms with van der Waals surface area (Å²) in [6.45, 7) is 0.756. The molecule has 0 aliphatic carbocycles. The molecule has 0 saturated heterocycles. The summed E-state index contributed by atoms with van der Waals surface area (Å²) in [6.07, 6.45) is -0.725. The van der Waals surface area contributed by atoms with E-state index in [9.17, 15) is 9.59 Å². The van der Waals surface area contributed by atoms with Gasteiger partial charge in [0, 0.05) is 41.4 Å². The number of carbonyl (C=O) groups excluding carboxylic acids is 2. The van der Waals surface area contributed by atoms with Crippen LogP contribution in [0.25, 0.3) is 0 Å². The summed E-state index contributed by atoms with van der Waals surface area (Å²) in [5.41, 5.74) is 5.44. The molecule has 0 fully saturated rings. The van der Waals surface area contributed by atoms with Crippen molar-refractivity contribution in [1.82, 2.24) is 9.80 Å². The van der Waals surface area contributed by atoms with E-state index in [0.29, 0.717) is 13.2 Å². The average Bonchev–Trinajstić information content (AvgIpc) is 2.35. The van der Waals surface area contributed by atoms with Crippen LogP contribution in [-0.2, 0) is 19.1 Å². The highest BCUT2D eigenvalue weighted by Crippen LogP contribution is 1.99. The van der Waals surface area contributed by atoms with Gasteiger partial charge in [0.25, 0.3) is 5.91 Å². The van der Waals surface area contributed by atoms with Crippen LogP contribution in [0.1, 0.15) is 0 Å². The number of likely N-dealkylation sites (N-methyl/N-ethyl adjacent to an activating group) is 1. The molecule has 2 N–H and O–H groups in total. The Hall–Kier alpha value is -1.18. The third-order valence-electron chi connectivity index (χ3n) is 2.48. The third-order valence-corrected chi connectivity index (χ3v) is 2.48. The first kappa shape index (κ1) is 16.8. The molecule has 1 atom stereocenters. The van der Waals surface area contributed by atoms with E-state index in [0.717, 1.165) is 0 Å². The number of carbonyl (C=O) groups is 2. The Labute approximate surface area is 108 Å². The summed E-state index contributed by atoms with van der Waals surface area (Å²) in [6, 6.07) is 0. The summed E-state index contributed by atoms with van der Waals surface area (Å²) < 4.78 is 9.90. The summed E-state index contributed by atoms with van der Waals surface area (Å²) in [5.74, 6) is -0.460. The van der Waals surface area contributed by atoms with Gasteiger partial charge in [0.2, 0.25) is 5.91 Å². The highest BCUT2D eigenvalue weighted by molar-refractivity contribution is 5.87. The second-order valence-electron chi connectivity index (χ2n) is 4.00. The maximum Gasteiger partial charge on any atom is 0.253 e. The predicted octanol–water partition coefficient (Wildman–Crippen LogP) is -1.48. The van der Waals surface area contributed by atoms with Gasteiger partial charge in [-0.05, 0) is 0 Å². The first-order valence-electron chi connectivity index (χ1n) is 5.68. The molecule has 7 nitrogen and oxygen atoms in total. The standard InChI is InChI=1S/C11H23N3O4/c1-13(2)10(15)8-14(5-6-17-3)11(16)9(7-12)18-4/h9H,5-8,12H2,1-4H3. The zero-order valence-corrected chi connectivity index (χ0v) is 11.5. The lowest BCUT2D eigenvalue weighted by Gasteiger charge is -2.26. The van der Waals surface area contributed by atoms with E-state index in [-0.39, 0.29) is 24.9 Å². The predicted molar refractivity (Wildman–Crippen MR) is 67.0 cm³/mol. The van der Waals surface area contributed by atoms with Gasteiger partial charge in [0.15, 0.2) is 0 Å². The minimum absolute atomic E-state index is 0.00491. The molecule has 0 aromatic carbocycles. The minimum atomic E-state index is -0.725. The molecule has 7 heteroatoms. The number of amides is 2. The fourth-order valence-electron chi connectivity index (χ4n) is 1.27. The fraction of sp³-hybridized carbons (Fsp3) is 0.818. The van der Waals surface area contributed by atoms with Crippen molar-refractivity contribution < 1.29 is 19.1 Å². The molecule has 0 aromatic rings. The largest absolute Gasteiger partial charge is 0.383 e. The van der Waals surface area contributed by atoms with Crippen molar-refractivity contribution in [2.24, 2.45) is 5.73 Å². The summed E-state index contributed by atoms with van der Waals surface area (Å²) in [7, 11) is 6.22. The number of ether oxygens (including phenoxy) is 2. The Balaban J connectivity index is 4.65. The van der Waals surface area contributed by atoms with Gasteiger partial charge in [-0.2, -0.15) is 0 Å². The van der Waals surface area contributed by atoms with Gasteiger partial charge < -0.3 is 25.0 Å². The number of hydrogen-bond donors (Lipinski definition) is 1. The molecule has 1 unspecified atom stereocenters. The fourth-order valence-corrected chi connectivity index (χ4v) is 1.27. The molecule has 0 aliphatic heterocycles. The second kappa shape index (κ2) is 8.84. The van der Waals surface area contributed by atoms with Crippen molar-refractivity contribution in [1.29, 1.82) is 0 Å². The molecule has 0 aliphatic rings. The molecule has 0 saturated carbocycles. The SMILES string of the molecule is COCCN(CC(=O)N(C)C)C(=O)C(CN)OC. The smallest absolute Gasteiger partial charge is 0.253 e. The number of nitrogens with two attached hydrogens (primary N) is 1. The van der Waals surface area contributed by atoms with Gasteiger partial charge in [-0.3, -0.25) is 9.59 Å². The van der Waals surface area contributed by atoms with Crippen LogP contribution in [0.4, 0.5) is 0 Å². The third kappa shape index (κ3) is 5.44. The molecular weight excluding hydrogens is 238 g/mol. The monoisotopic (exact) mass is 261 g/mol. The summed E-state index contributed by atoms with van der Waals surface area (Å²) in [4.78, 5) is 26.5. The van der Waals surface area contributed by atoms with Crippen LogP contribution in [-0.4, -0.2) is 82.3 Å². The topological polar surface area (TPSA) is 85.1 Å². The van der Waals surface area contributed by atoms with Crippen molar-refractivity contribution in [2.45, 2.75) is 6.10 Å². The van der Waals surface area contributed by atoms with Crippen LogP contribution in [0.15, 0.2) is 0 Å². The van der Waals surface area contributed by atoms with Gasteiger partial charge in [0.05, 0.1) is 13.2 Å². The molecule has 2 amide bonds. The molecular formula is C11H23N3O4. The average molecular weight is 261 g/mol. The van der Waals surface area contributed by atoms with Crippen LogP contribution in [0, 0.1) is 0 Å². The van der Waals surface area contributed by atoms with E-state index in [1.54, 1.807) is 14.1 Å². The molecule has 18 heavy (non-hydrogen) atoms. The van der Waals surface area contributed by atoms with Crippen molar-refractivity contribution in [2.75, 3.05) is 54.6 Å². The van der Waals surface area contributed by atoms with Crippen LogP contribution in [0.3, 0.4) is 0 Å². The lowest BCUT2D eigenvalue weighted by Crippen LogP contribution is -2.48. The Bertz CT molecular complexity index is 267. The first-order valence-corrected chi connectivity index (χ1v) is 5.68. The molecule has 0 bridgehead atoms. The van der Waals surface area contributed by atoms with Crippen molar-refractivity contribution in [3.8, 4) is 0 Å². The first-order chi connectivity index (χ1) is 8.47. The van der Waals surface area contributed by atoms with E-state index in [1.165, 1.54) is 24.0 Å². The van der Waals surface area contributed by atoms with Crippen LogP contribution < -0.4 is 5.73 Å². The zero-order valence-electron chi connectivity index (χ0n) is 11.5. The Morgan fingerprint density at radius 2 is 1.89 bits per heavy atom. The molecule has 0 rings (SSSR count). The number of methoxy groups -OCH3 is 2. The number of nitrogens with zero attached hydrogens (tertiary/aromatic N) is 2. The summed E-state index contributed by atoms with van der Waals surface area (Å²) in [5, 5.41) is 0. The maximum atomic E-state index is 12.1. The Kier molecular flexibility index (Phi) is 8.27. The van der Waals surface area contributed by atoms with Gasteiger partial charge in [-0.25, -0.2) is 0 Å². The number of rotatable bonds is 8. The molecule has 0 aromatic heterocycles. The zero-order chi connectivity index (χ0) is 14.1. The molecule has 0 heterocycles. The highest BCUT2D eigenvalue weighted by Gasteiger charge is 2.24. The van der Waals surface area contributed by atoms with E-state index in [2.05, 4.69) is 0 Å². The minimum Gasteiger partial charge on any atom is -0.383 e. The molecule has 0 spiro atoms. The highest BCUT2D eigenvalue weighted by atomic mass is 16.5. The molecule has 106 valence electrons.